The van der Waals surface area contributed by atoms with Gasteiger partial charge in [0.25, 0.3) is 0 Å². The lowest BCUT2D eigenvalue weighted by Crippen LogP contribution is -2.32. The third kappa shape index (κ3) is 2.25. The zero-order valence-corrected chi connectivity index (χ0v) is 10.9. The van der Waals surface area contributed by atoms with E-state index >= 15 is 0 Å². The first-order valence-electron chi connectivity index (χ1n) is 5.71. The van der Waals surface area contributed by atoms with Crippen molar-refractivity contribution >= 4 is 10.0 Å². The van der Waals surface area contributed by atoms with Crippen LogP contribution in [0.15, 0.2) is 23.1 Å². The first kappa shape index (κ1) is 13.0. The lowest BCUT2D eigenvalue weighted by molar-refractivity contribution is 0.472. The van der Waals surface area contributed by atoms with E-state index in [9.17, 15) is 8.42 Å². The number of nitrogens with zero attached hydrogens (tertiary/aromatic N) is 2. The average Bonchev–Trinajstić information content (AvgIpc) is 2.77. The summed E-state index contributed by atoms with van der Waals surface area (Å²) in [5.74, 6) is 0. The van der Waals surface area contributed by atoms with Crippen LogP contribution in [-0.2, 0) is 10.0 Å². The van der Waals surface area contributed by atoms with E-state index < -0.39 is 10.0 Å². The Morgan fingerprint density at radius 2 is 2.22 bits per heavy atom. The van der Waals surface area contributed by atoms with Gasteiger partial charge < -0.3 is 5.73 Å². The average molecular weight is 265 g/mol. The predicted molar refractivity (Wildman–Crippen MR) is 67.2 cm³/mol. The molecular formula is C12H15N3O2S. The van der Waals surface area contributed by atoms with Gasteiger partial charge in [0, 0.05) is 19.1 Å². The summed E-state index contributed by atoms with van der Waals surface area (Å²) in [6.45, 7) is 2.52. The first-order valence-corrected chi connectivity index (χ1v) is 7.15. The number of sulfonamides is 1. The highest BCUT2D eigenvalue weighted by molar-refractivity contribution is 7.89. The summed E-state index contributed by atoms with van der Waals surface area (Å²) in [6.07, 6.45) is 0.677. The Hall–Kier alpha value is -1.42. The van der Waals surface area contributed by atoms with Gasteiger partial charge in [-0.3, -0.25) is 0 Å². The van der Waals surface area contributed by atoms with Crippen LogP contribution >= 0.6 is 0 Å². The minimum atomic E-state index is -3.53. The SMILES string of the molecule is Cc1ccc(C#N)cc1S(=O)(=O)N1CC[C@H](N)C1. The molecule has 0 aliphatic carbocycles. The molecule has 5 nitrogen and oxygen atoms in total. The first-order chi connectivity index (χ1) is 8.45. The maximum absolute atomic E-state index is 12.4. The molecule has 96 valence electrons. The molecule has 1 fully saturated rings. The third-order valence-corrected chi connectivity index (χ3v) is 5.13. The molecule has 1 aromatic rings. The molecule has 0 amide bonds. The summed E-state index contributed by atoms with van der Waals surface area (Å²) in [6, 6.07) is 6.55. The van der Waals surface area contributed by atoms with Crippen molar-refractivity contribution in [3.8, 4) is 6.07 Å². The number of hydrogen-bond donors (Lipinski definition) is 1. The monoisotopic (exact) mass is 265 g/mol. The van der Waals surface area contributed by atoms with Crippen molar-refractivity contribution in [3.63, 3.8) is 0 Å². The van der Waals surface area contributed by atoms with Crippen molar-refractivity contribution in [1.82, 2.24) is 4.31 Å². The summed E-state index contributed by atoms with van der Waals surface area (Å²) in [5, 5.41) is 8.85. The lowest BCUT2D eigenvalue weighted by atomic mass is 10.2. The summed E-state index contributed by atoms with van der Waals surface area (Å²) in [5.41, 5.74) is 6.73. The van der Waals surface area contributed by atoms with Gasteiger partial charge in [-0.25, -0.2) is 8.42 Å². The molecule has 0 unspecified atom stereocenters. The summed E-state index contributed by atoms with van der Waals surface area (Å²) >= 11 is 0. The van der Waals surface area contributed by atoms with Crippen LogP contribution in [0.2, 0.25) is 0 Å². The molecule has 1 atom stereocenters. The van der Waals surface area contributed by atoms with Gasteiger partial charge in [0.2, 0.25) is 10.0 Å². The Kier molecular flexibility index (Phi) is 3.39. The third-order valence-electron chi connectivity index (χ3n) is 3.12. The molecule has 0 radical (unpaired) electrons. The van der Waals surface area contributed by atoms with Crippen LogP contribution < -0.4 is 5.73 Å². The highest BCUT2D eigenvalue weighted by atomic mass is 32.2. The van der Waals surface area contributed by atoms with E-state index in [1.807, 2.05) is 6.07 Å². The second-order valence-electron chi connectivity index (χ2n) is 4.50. The molecule has 2 rings (SSSR count). The number of nitriles is 1. The number of rotatable bonds is 2. The van der Waals surface area contributed by atoms with Crippen LogP contribution in [0.3, 0.4) is 0 Å². The number of nitrogens with two attached hydrogens (primary N) is 1. The van der Waals surface area contributed by atoms with Crippen LogP contribution in [0, 0.1) is 18.3 Å². The van der Waals surface area contributed by atoms with E-state index in [2.05, 4.69) is 0 Å². The maximum Gasteiger partial charge on any atom is 0.243 e. The van der Waals surface area contributed by atoms with Gasteiger partial charge in [-0.2, -0.15) is 9.57 Å². The Labute approximate surface area is 107 Å². The topological polar surface area (TPSA) is 87.2 Å². The van der Waals surface area contributed by atoms with Gasteiger partial charge in [0.05, 0.1) is 16.5 Å². The summed E-state index contributed by atoms with van der Waals surface area (Å²) in [4.78, 5) is 0.204. The second kappa shape index (κ2) is 4.69. The van der Waals surface area contributed by atoms with E-state index in [1.165, 1.54) is 10.4 Å². The highest BCUT2D eigenvalue weighted by Gasteiger charge is 2.31. The lowest BCUT2D eigenvalue weighted by Gasteiger charge is -2.17. The number of hydrogen-bond acceptors (Lipinski definition) is 4. The van der Waals surface area contributed by atoms with E-state index in [0.29, 0.717) is 30.6 Å². The Morgan fingerprint density at radius 1 is 1.50 bits per heavy atom. The molecule has 1 aromatic carbocycles. The standard InChI is InChI=1S/C12H15N3O2S/c1-9-2-3-10(7-13)6-12(9)18(16,17)15-5-4-11(14)8-15/h2-3,6,11H,4-5,8,14H2,1H3/t11-/m0/s1. The van der Waals surface area contributed by atoms with Crippen molar-refractivity contribution in [1.29, 1.82) is 5.26 Å². The van der Waals surface area contributed by atoms with Crippen molar-refractivity contribution in [2.75, 3.05) is 13.1 Å². The van der Waals surface area contributed by atoms with Crippen molar-refractivity contribution in [2.45, 2.75) is 24.3 Å². The molecule has 0 bridgehead atoms. The van der Waals surface area contributed by atoms with Crippen LogP contribution in [0.5, 0.6) is 0 Å². The molecule has 1 heterocycles. The van der Waals surface area contributed by atoms with Crippen molar-refractivity contribution in [2.24, 2.45) is 5.73 Å². The second-order valence-corrected chi connectivity index (χ2v) is 6.41. The zero-order valence-electron chi connectivity index (χ0n) is 10.1. The zero-order chi connectivity index (χ0) is 13.3. The predicted octanol–water partition coefficient (Wildman–Crippen LogP) is 0.588. The van der Waals surface area contributed by atoms with Crippen LogP contribution in [0.4, 0.5) is 0 Å². The van der Waals surface area contributed by atoms with Gasteiger partial charge in [-0.1, -0.05) is 6.07 Å². The van der Waals surface area contributed by atoms with Gasteiger partial charge in [0.15, 0.2) is 0 Å². The van der Waals surface area contributed by atoms with Gasteiger partial charge in [-0.15, -0.1) is 0 Å². The van der Waals surface area contributed by atoms with Crippen LogP contribution in [0.1, 0.15) is 17.5 Å². The Balaban J connectivity index is 2.45. The maximum atomic E-state index is 12.4. The molecular weight excluding hydrogens is 250 g/mol. The minimum absolute atomic E-state index is 0.0979. The van der Waals surface area contributed by atoms with E-state index in [1.54, 1.807) is 19.1 Å². The van der Waals surface area contributed by atoms with Crippen LogP contribution in [0.25, 0.3) is 0 Å². The molecule has 2 N–H and O–H groups in total. The highest BCUT2D eigenvalue weighted by Crippen LogP contribution is 2.24. The smallest absolute Gasteiger partial charge is 0.243 e. The van der Waals surface area contributed by atoms with E-state index in [-0.39, 0.29) is 10.9 Å². The molecule has 1 aliphatic rings. The molecule has 0 saturated carbocycles. The minimum Gasteiger partial charge on any atom is -0.326 e. The summed E-state index contributed by atoms with van der Waals surface area (Å²) < 4.78 is 26.2. The fraction of sp³-hybridized carbons (Fsp3) is 0.417. The van der Waals surface area contributed by atoms with Crippen molar-refractivity contribution < 1.29 is 8.42 Å². The number of aryl methyl sites for hydroxylation is 1. The fourth-order valence-electron chi connectivity index (χ4n) is 2.06. The molecule has 1 aliphatic heterocycles. The Bertz CT molecular complexity index is 604. The van der Waals surface area contributed by atoms with Gasteiger partial charge in [0.1, 0.15) is 0 Å². The van der Waals surface area contributed by atoms with Gasteiger partial charge >= 0.3 is 0 Å². The van der Waals surface area contributed by atoms with Crippen LogP contribution in [-0.4, -0.2) is 31.9 Å². The number of benzene rings is 1. The van der Waals surface area contributed by atoms with Gasteiger partial charge in [-0.05, 0) is 31.0 Å². The molecule has 0 aromatic heterocycles. The van der Waals surface area contributed by atoms with Crippen molar-refractivity contribution in [3.05, 3.63) is 29.3 Å². The molecule has 0 spiro atoms. The molecule has 6 heteroatoms. The Morgan fingerprint density at radius 3 is 2.78 bits per heavy atom. The van der Waals surface area contributed by atoms with E-state index in [0.717, 1.165) is 0 Å². The fourth-order valence-corrected chi connectivity index (χ4v) is 3.82. The quantitative estimate of drug-likeness (QED) is 0.847. The van der Waals surface area contributed by atoms with E-state index in [4.69, 9.17) is 11.0 Å². The summed E-state index contributed by atoms with van der Waals surface area (Å²) in [7, 11) is -3.53. The normalized spacial score (nSPS) is 20.8. The molecule has 18 heavy (non-hydrogen) atoms. The largest absolute Gasteiger partial charge is 0.326 e. The molecule has 1 saturated heterocycles.